The SMILES string of the molecule is CN(CCc1ccccc1)Cc1ccc(OCC2CCCN(C(=O)c3cccc(Cl)c3)C2)cc1. The Kier molecular flexibility index (Phi) is 8.62. The van der Waals surface area contributed by atoms with Gasteiger partial charge in [0, 0.05) is 42.7 Å². The van der Waals surface area contributed by atoms with Crippen LogP contribution in [0.25, 0.3) is 0 Å². The van der Waals surface area contributed by atoms with Crippen LogP contribution in [-0.4, -0.2) is 49.0 Å². The summed E-state index contributed by atoms with van der Waals surface area (Å²) in [6.07, 6.45) is 3.12. The molecule has 0 aromatic heterocycles. The van der Waals surface area contributed by atoms with Gasteiger partial charge in [0.15, 0.2) is 0 Å². The van der Waals surface area contributed by atoms with Gasteiger partial charge in [0.2, 0.25) is 0 Å². The molecule has 0 radical (unpaired) electrons. The molecular formula is C29H33ClN2O2. The Morgan fingerprint density at radius 1 is 1.03 bits per heavy atom. The van der Waals surface area contributed by atoms with Gasteiger partial charge in [0.1, 0.15) is 5.75 Å². The molecule has 1 amide bonds. The molecule has 3 aromatic rings. The van der Waals surface area contributed by atoms with E-state index in [4.69, 9.17) is 16.3 Å². The number of likely N-dealkylation sites (N-methyl/N-ethyl adjacent to an activating group) is 1. The second kappa shape index (κ2) is 12.0. The zero-order chi connectivity index (χ0) is 23.8. The Bertz CT molecular complexity index is 1060. The highest BCUT2D eigenvalue weighted by Gasteiger charge is 2.25. The van der Waals surface area contributed by atoms with Crippen molar-refractivity contribution in [2.45, 2.75) is 25.8 Å². The van der Waals surface area contributed by atoms with Gasteiger partial charge in [0.25, 0.3) is 5.91 Å². The number of likely N-dealkylation sites (tertiary alicyclic amines) is 1. The number of ether oxygens (including phenoxy) is 1. The van der Waals surface area contributed by atoms with Crippen molar-refractivity contribution in [3.63, 3.8) is 0 Å². The van der Waals surface area contributed by atoms with E-state index in [0.29, 0.717) is 23.1 Å². The van der Waals surface area contributed by atoms with Crippen LogP contribution in [0.3, 0.4) is 0 Å². The fraction of sp³-hybridized carbons (Fsp3) is 0.345. The summed E-state index contributed by atoms with van der Waals surface area (Å²) in [5.41, 5.74) is 3.30. The Hall–Kier alpha value is -2.82. The first-order valence-electron chi connectivity index (χ1n) is 12.1. The van der Waals surface area contributed by atoms with Gasteiger partial charge in [-0.15, -0.1) is 0 Å². The number of benzene rings is 3. The van der Waals surface area contributed by atoms with Gasteiger partial charge in [-0.1, -0.05) is 60.1 Å². The number of rotatable bonds is 9. The smallest absolute Gasteiger partial charge is 0.253 e. The third-order valence-corrected chi connectivity index (χ3v) is 6.60. The fourth-order valence-corrected chi connectivity index (χ4v) is 4.64. The van der Waals surface area contributed by atoms with Gasteiger partial charge in [-0.2, -0.15) is 0 Å². The summed E-state index contributed by atoms with van der Waals surface area (Å²) in [6.45, 7) is 4.06. The minimum absolute atomic E-state index is 0.0490. The van der Waals surface area contributed by atoms with E-state index in [1.807, 2.05) is 17.0 Å². The molecule has 0 aliphatic carbocycles. The zero-order valence-corrected chi connectivity index (χ0v) is 20.6. The number of carbonyl (C=O) groups is 1. The highest BCUT2D eigenvalue weighted by Crippen LogP contribution is 2.22. The van der Waals surface area contributed by atoms with Gasteiger partial charge < -0.3 is 14.5 Å². The Morgan fingerprint density at radius 3 is 2.59 bits per heavy atom. The predicted molar refractivity (Wildman–Crippen MR) is 138 cm³/mol. The van der Waals surface area contributed by atoms with Gasteiger partial charge in [-0.05, 0) is 67.8 Å². The van der Waals surface area contributed by atoms with Crippen molar-refractivity contribution >= 4 is 17.5 Å². The average Bonchev–Trinajstić information content (AvgIpc) is 2.87. The molecular weight excluding hydrogens is 444 g/mol. The molecule has 34 heavy (non-hydrogen) atoms. The topological polar surface area (TPSA) is 32.8 Å². The van der Waals surface area contributed by atoms with E-state index in [2.05, 4.69) is 66.5 Å². The normalized spacial score (nSPS) is 16.0. The molecule has 3 aromatic carbocycles. The lowest BCUT2D eigenvalue weighted by molar-refractivity contribution is 0.0633. The maximum absolute atomic E-state index is 12.8. The molecule has 1 aliphatic rings. The quantitative estimate of drug-likeness (QED) is 0.383. The number of nitrogens with zero attached hydrogens (tertiary/aromatic N) is 2. The first-order chi connectivity index (χ1) is 16.6. The number of carbonyl (C=O) groups excluding carboxylic acids is 1. The minimum Gasteiger partial charge on any atom is -0.493 e. The summed E-state index contributed by atoms with van der Waals surface area (Å²) < 4.78 is 6.09. The highest BCUT2D eigenvalue weighted by molar-refractivity contribution is 6.30. The van der Waals surface area contributed by atoms with Gasteiger partial charge in [0.05, 0.1) is 6.61 Å². The van der Waals surface area contributed by atoms with Crippen molar-refractivity contribution in [3.8, 4) is 5.75 Å². The maximum Gasteiger partial charge on any atom is 0.253 e. The lowest BCUT2D eigenvalue weighted by Crippen LogP contribution is -2.41. The molecule has 4 nitrogen and oxygen atoms in total. The molecule has 1 saturated heterocycles. The van der Waals surface area contributed by atoms with E-state index in [1.54, 1.807) is 12.1 Å². The standard InChI is InChI=1S/C29H33ClN2O2/c1-31(18-16-23-7-3-2-4-8-23)20-24-12-14-28(15-13-24)34-22-25-9-6-17-32(21-25)29(33)26-10-5-11-27(30)19-26/h2-5,7-8,10-15,19,25H,6,9,16-18,20-22H2,1H3. The third kappa shape index (κ3) is 7.09. The highest BCUT2D eigenvalue weighted by atomic mass is 35.5. The number of hydrogen-bond acceptors (Lipinski definition) is 3. The molecule has 178 valence electrons. The van der Waals surface area contributed by atoms with E-state index >= 15 is 0 Å². The van der Waals surface area contributed by atoms with Crippen LogP contribution in [0.1, 0.15) is 34.3 Å². The summed E-state index contributed by atoms with van der Waals surface area (Å²) in [7, 11) is 2.16. The minimum atomic E-state index is 0.0490. The fourth-order valence-electron chi connectivity index (χ4n) is 4.45. The molecule has 1 unspecified atom stereocenters. The van der Waals surface area contributed by atoms with Crippen molar-refractivity contribution < 1.29 is 9.53 Å². The number of hydrogen-bond donors (Lipinski definition) is 0. The van der Waals surface area contributed by atoms with Crippen LogP contribution in [-0.2, 0) is 13.0 Å². The van der Waals surface area contributed by atoms with Crippen molar-refractivity contribution in [3.05, 3.63) is 101 Å². The largest absolute Gasteiger partial charge is 0.493 e. The van der Waals surface area contributed by atoms with Crippen LogP contribution in [0.15, 0.2) is 78.9 Å². The second-order valence-electron chi connectivity index (χ2n) is 9.20. The molecule has 5 heteroatoms. The lowest BCUT2D eigenvalue weighted by Gasteiger charge is -2.32. The average molecular weight is 477 g/mol. The molecule has 1 heterocycles. The summed E-state index contributed by atoms with van der Waals surface area (Å²) in [6, 6.07) is 26.2. The van der Waals surface area contributed by atoms with E-state index < -0.39 is 0 Å². The molecule has 0 N–H and O–H groups in total. The van der Waals surface area contributed by atoms with E-state index in [-0.39, 0.29) is 5.91 Å². The van der Waals surface area contributed by atoms with Gasteiger partial charge in [-0.25, -0.2) is 0 Å². The summed E-state index contributed by atoms with van der Waals surface area (Å²) in [5.74, 6) is 1.27. The van der Waals surface area contributed by atoms with Crippen LogP contribution in [0.5, 0.6) is 5.75 Å². The third-order valence-electron chi connectivity index (χ3n) is 6.36. The number of piperidine rings is 1. The maximum atomic E-state index is 12.8. The molecule has 0 saturated carbocycles. The Balaban J connectivity index is 1.22. The monoisotopic (exact) mass is 476 g/mol. The molecule has 0 spiro atoms. The molecule has 4 rings (SSSR count). The second-order valence-corrected chi connectivity index (χ2v) is 9.63. The first kappa shape index (κ1) is 24.3. The summed E-state index contributed by atoms with van der Waals surface area (Å²) >= 11 is 6.06. The van der Waals surface area contributed by atoms with Crippen molar-refractivity contribution in [1.29, 1.82) is 0 Å². The predicted octanol–water partition coefficient (Wildman–Crippen LogP) is 5.95. The Morgan fingerprint density at radius 2 is 1.82 bits per heavy atom. The van der Waals surface area contributed by atoms with E-state index in [1.165, 1.54) is 11.1 Å². The molecule has 1 fully saturated rings. The van der Waals surface area contributed by atoms with Crippen molar-refractivity contribution in [2.75, 3.05) is 33.3 Å². The van der Waals surface area contributed by atoms with E-state index in [9.17, 15) is 4.79 Å². The molecule has 1 atom stereocenters. The van der Waals surface area contributed by atoms with Crippen LogP contribution < -0.4 is 4.74 Å². The number of halogens is 1. The van der Waals surface area contributed by atoms with Crippen LogP contribution in [0.2, 0.25) is 5.02 Å². The molecule has 0 bridgehead atoms. The lowest BCUT2D eigenvalue weighted by atomic mass is 9.98. The van der Waals surface area contributed by atoms with Gasteiger partial charge in [-0.3, -0.25) is 4.79 Å². The molecule has 1 aliphatic heterocycles. The summed E-state index contributed by atoms with van der Waals surface area (Å²) in [5, 5.41) is 0.591. The first-order valence-corrected chi connectivity index (χ1v) is 12.4. The van der Waals surface area contributed by atoms with E-state index in [0.717, 1.165) is 51.2 Å². The Labute approximate surface area is 208 Å². The van der Waals surface area contributed by atoms with Crippen LogP contribution >= 0.6 is 11.6 Å². The van der Waals surface area contributed by atoms with Crippen LogP contribution in [0.4, 0.5) is 0 Å². The van der Waals surface area contributed by atoms with Gasteiger partial charge >= 0.3 is 0 Å². The van der Waals surface area contributed by atoms with Crippen LogP contribution in [0, 0.1) is 5.92 Å². The number of amides is 1. The van der Waals surface area contributed by atoms with Crippen molar-refractivity contribution in [1.82, 2.24) is 9.80 Å². The summed E-state index contributed by atoms with van der Waals surface area (Å²) in [4.78, 5) is 17.1. The zero-order valence-electron chi connectivity index (χ0n) is 19.8. The van der Waals surface area contributed by atoms with Crippen molar-refractivity contribution in [2.24, 2.45) is 5.92 Å².